The number of rotatable bonds is 0. The molecule has 6 heavy (non-hydrogen) atoms. The molecule has 2 heteroatoms. The first kappa shape index (κ1) is 9.54. The first-order chi connectivity index (χ1) is 2.73. The number of aliphatic hydroxyl groups is 1. The van der Waals surface area contributed by atoms with Crippen molar-refractivity contribution in [2.24, 2.45) is 0 Å². The van der Waals surface area contributed by atoms with Crippen LogP contribution in [0.25, 0.3) is 0 Å². The minimum atomic E-state index is -0.167. The first-order valence-corrected chi connectivity index (χ1v) is 2.55. The number of hydrogen-bond donors (Lipinski definition) is 1. The summed E-state index contributed by atoms with van der Waals surface area (Å²) >= 11 is 4.64. The van der Waals surface area contributed by atoms with Crippen molar-refractivity contribution in [3.05, 3.63) is 0 Å². The summed E-state index contributed by atoms with van der Waals surface area (Å²) in [6.07, 6.45) is 1.31. The van der Waals surface area contributed by atoms with Gasteiger partial charge in [-0.15, -0.1) is 11.6 Å². The maximum absolute atomic E-state index is 8.06. The summed E-state index contributed by atoms with van der Waals surface area (Å²) < 4.78 is 0. The highest BCUT2D eigenvalue weighted by Gasteiger charge is 1.69. The molecule has 0 rings (SSSR count). The third kappa shape index (κ3) is 718. The molecule has 0 bridgehead atoms. The molecule has 0 aromatic heterocycles. The molecule has 0 radical (unpaired) electrons. The smallest absolute Gasteiger partial charge is 0.0483 e. The highest BCUT2D eigenvalue weighted by molar-refractivity contribution is 6.15. The molecule has 0 saturated heterocycles. The first-order valence-electron chi connectivity index (χ1n) is 1.79. The maximum Gasteiger partial charge on any atom is 0.0483 e. The van der Waals surface area contributed by atoms with E-state index < -0.39 is 0 Å². The van der Waals surface area contributed by atoms with Gasteiger partial charge in [-0.3, -0.25) is 0 Å². The minimum Gasteiger partial charge on any atom is -0.394 e. The molecule has 0 atom stereocenters. The van der Waals surface area contributed by atoms with Crippen LogP contribution in [0, 0.1) is 0 Å². The molecule has 0 unspecified atom stereocenters. The molecular formula is C4H11ClO. The molecule has 0 aromatic rings. The second kappa shape index (κ2) is 8.98. The van der Waals surface area contributed by atoms with Gasteiger partial charge in [0.25, 0.3) is 0 Å². The molecule has 0 fully saturated rings. The summed E-state index contributed by atoms with van der Waals surface area (Å²) in [5, 5.41) is 8.06. The van der Waals surface area contributed by atoms with Gasteiger partial charge in [-0.1, -0.05) is 0 Å². The van der Waals surface area contributed by atoms with Gasteiger partial charge in [-0.2, -0.15) is 0 Å². The van der Waals surface area contributed by atoms with E-state index >= 15 is 0 Å². The lowest BCUT2D eigenvalue weighted by Crippen LogP contribution is -1.85. The van der Waals surface area contributed by atoms with Crippen LogP contribution in [0.2, 0.25) is 0 Å². The lowest BCUT2D eigenvalue weighted by Gasteiger charge is -1.80. The summed E-state index contributed by atoms with van der Waals surface area (Å²) in [7, 11) is 0. The number of aliphatic hydroxyl groups excluding tert-OH is 1. The molecule has 0 aliphatic rings. The Kier molecular flexibility index (Phi) is 14.3. The van der Waals surface area contributed by atoms with Gasteiger partial charge < -0.3 is 5.11 Å². The van der Waals surface area contributed by atoms with Crippen molar-refractivity contribution in [2.75, 3.05) is 6.38 Å². The van der Waals surface area contributed by atoms with Crippen LogP contribution in [-0.4, -0.2) is 17.6 Å². The Balaban J connectivity index is 0. The van der Waals surface area contributed by atoms with E-state index in [9.17, 15) is 0 Å². The van der Waals surface area contributed by atoms with E-state index in [1.807, 2.05) is 0 Å². The fourth-order valence-corrected chi connectivity index (χ4v) is 0. The van der Waals surface area contributed by atoms with Gasteiger partial charge >= 0.3 is 0 Å². The van der Waals surface area contributed by atoms with Crippen molar-refractivity contribution in [1.82, 2.24) is 0 Å². The Labute approximate surface area is 43.9 Å². The largest absolute Gasteiger partial charge is 0.394 e. The molecule has 0 spiro atoms. The van der Waals surface area contributed by atoms with E-state index in [4.69, 9.17) is 5.11 Å². The van der Waals surface area contributed by atoms with Crippen LogP contribution in [0.4, 0.5) is 0 Å². The predicted molar refractivity (Wildman–Crippen MR) is 29.1 cm³/mol. The standard InChI is InChI=1S/C3H8O.CH3Cl/c1-3(2)4;1-2/h3-4H,1-2H3;1H3. The Morgan fingerprint density at radius 1 is 1.33 bits per heavy atom. The van der Waals surface area contributed by atoms with Gasteiger partial charge in [-0.05, 0) is 13.8 Å². The molecule has 0 aliphatic heterocycles. The van der Waals surface area contributed by atoms with Crippen LogP contribution >= 0.6 is 11.6 Å². The summed E-state index contributed by atoms with van der Waals surface area (Å²) in [4.78, 5) is 0. The Morgan fingerprint density at radius 2 is 1.33 bits per heavy atom. The molecule has 0 aliphatic carbocycles. The zero-order chi connectivity index (χ0) is 5.58. The van der Waals surface area contributed by atoms with E-state index in [0.717, 1.165) is 0 Å². The van der Waals surface area contributed by atoms with Gasteiger partial charge in [0, 0.05) is 12.5 Å². The highest BCUT2D eigenvalue weighted by atomic mass is 35.5. The molecule has 40 valence electrons. The fraction of sp³-hybridized carbons (Fsp3) is 1.00. The predicted octanol–water partition coefficient (Wildman–Crippen LogP) is 1.24. The van der Waals surface area contributed by atoms with Crippen LogP contribution < -0.4 is 0 Å². The lowest BCUT2D eigenvalue weighted by atomic mass is 10.5. The Hall–Kier alpha value is 0.250. The van der Waals surface area contributed by atoms with Crippen molar-refractivity contribution in [2.45, 2.75) is 20.0 Å². The number of hydrogen-bond acceptors (Lipinski definition) is 1. The summed E-state index contributed by atoms with van der Waals surface area (Å²) in [6, 6.07) is 0. The monoisotopic (exact) mass is 110 g/mol. The fourth-order valence-electron chi connectivity index (χ4n) is 0. The Bertz CT molecular complexity index is 12.3. The molecule has 0 heterocycles. The van der Waals surface area contributed by atoms with Crippen LogP contribution in [-0.2, 0) is 0 Å². The molecule has 0 amide bonds. The average molecular weight is 111 g/mol. The minimum absolute atomic E-state index is 0.167. The van der Waals surface area contributed by atoms with Crippen molar-refractivity contribution < 1.29 is 5.11 Å². The normalized spacial score (nSPS) is 7.00. The molecule has 0 saturated carbocycles. The van der Waals surface area contributed by atoms with E-state index in [2.05, 4.69) is 11.6 Å². The lowest BCUT2D eigenvalue weighted by molar-refractivity contribution is 0.216. The van der Waals surface area contributed by atoms with Gasteiger partial charge in [0.05, 0.1) is 0 Å². The Morgan fingerprint density at radius 3 is 1.33 bits per heavy atom. The van der Waals surface area contributed by atoms with Crippen LogP contribution in [0.3, 0.4) is 0 Å². The SMILES string of the molecule is CC(C)O.CCl. The third-order valence-corrected chi connectivity index (χ3v) is 0. The molecule has 0 aromatic carbocycles. The van der Waals surface area contributed by atoms with E-state index in [0.29, 0.717) is 0 Å². The van der Waals surface area contributed by atoms with Crippen LogP contribution in [0.15, 0.2) is 0 Å². The molecule has 1 N–H and O–H groups in total. The summed E-state index contributed by atoms with van der Waals surface area (Å²) in [5.41, 5.74) is 0. The van der Waals surface area contributed by atoms with Crippen molar-refractivity contribution >= 4 is 11.6 Å². The third-order valence-electron chi connectivity index (χ3n) is 0. The van der Waals surface area contributed by atoms with E-state index in [1.165, 1.54) is 6.38 Å². The van der Waals surface area contributed by atoms with Crippen molar-refractivity contribution in [1.29, 1.82) is 0 Å². The zero-order valence-corrected chi connectivity index (χ0v) is 5.16. The van der Waals surface area contributed by atoms with Gasteiger partial charge in [-0.25, -0.2) is 0 Å². The van der Waals surface area contributed by atoms with Crippen LogP contribution in [0.1, 0.15) is 13.8 Å². The number of halogens is 1. The highest BCUT2D eigenvalue weighted by Crippen LogP contribution is 1.65. The van der Waals surface area contributed by atoms with Gasteiger partial charge in [0.1, 0.15) is 0 Å². The van der Waals surface area contributed by atoms with E-state index in [-0.39, 0.29) is 6.10 Å². The second-order valence-corrected chi connectivity index (χ2v) is 1.09. The topological polar surface area (TPSA) is 20.2 Å². The van der Waals surface area contributed by atoms with E-state index in [1.54, 1.807) is 13.8 Å². The quantitative estimate of drug-likeness (QED) is 0.466. The summed E-state index contributed by atoms with van der Waals surface area (Å²) in [5.74, 6) is 0. The zero-order valence-electron chi connectivity index (χ0n) is 4.40. The average Bonchev–Trinajstić information content (AvgIpc) is 1.41. The number of alkyl halides is 1. The second-order valence-electron chi connectivity index (χ2n) is 1.09. The molecular weight excluding hydrogens is 99.5 g/mol. The van der Waals surface area contributed by atoms with Gasteiger partial charge in [0.2, 0.25) is 0 Å². The van der Waals surface area contributed by atoms with Crippen molar-refractivity contribution in [3.63, 3.8) is 0 Å². The van der Waals surface area contributed by atoms with Gasteiger partial charge in [0.15, 0.2) is 0 Å². The molecule has 1 nitrogen and oxygen atoms in total. The maximum atomic E-state index is 8.06. The summed E-state index contributed by atoms with van der Waals surface area (Å²) in [6.45, 7) is 3.44. The van der Waals surface area contributed by atoms with Crippen LogP contribution in [0.5, 0.6) is 0 Å². The van der Waals surface area contributed by atoms with Crippen molar-refractivity contribution in [3.8, 4) is 0 Å².